The predicted octanol–water partition coefficient (Wildman–Crippen LogP) is 4.24. The fourth-order valence-corrected chi connectivity index (χ4v) is 3.02. The highest BCUT2D eigenvalue weighted by Crippen LogP contribution is 2.32. The summed E-state index contributed by atoms with van der Waals surface area (Å²) < 4.78 is 7.19. The highest BCUT2D eigenvalue weighted by atomic mass is 35.5. The standard InChI is InChI=1S/C22H19ClN4O2/c1-3-29-20-10-9-15(12-19(20)23)21-17(11-16(13-24)22(28)25-2)14-27(26-21)18-7-5-4-6-8-18/h4-12,14H,3H2,1-2H3,(H,25,28)/b16-11-. The fraction of sp³-hybridized carbons (Fsp3) is 0.136. The van der Waals surface area contributed by atoms with Crippen LogP contribution in [0.2, 0.25) is 5.02 Å². The minimum absolute atomic E-state index is 0.0154. The number of rotatable bonds is 6. The van der Waals surface area contributed by atoms with Crippen molar-refractivity contribution in [3.63, 3.8) is 0 Å². The highest BCUT2D eigenvalue weighted by Gasteiger charge is 2.15. The minimum Gasteiger partial charge on any atom is -0.492 e. The van der Waals surface area contributed by atoms with Crippen LogP contribution in [0.1, 0.15) is 12.5 Å². The Labute approximate surface area is 174 Å². The zero-order chi connectivity index (χ0) is 20.8. The molecular formula is C22H19ClN4O2. The van der Waals surface area contributed by atoms with E-state index in [9.17, 15) is 10.1 Å². The molecule has 6 nitrogen and oxygen atoms in total. The predicted molar refractivity (Wildman–Crippen MR) is 113 cm³/mol. The van der Waals surface area contributed by atoms with Gasteiger partial charge in [0, 0.05) is 24.4 Å². The van der Waals surface area contributed by atoms with Crippen molar-refractivity contribution in [1.82, 2.24) is 15.1 Å². The molecular weight excluding hydrogens is 388 g/mol. The van der Waals surface area contributed by atoms with Crippen LogP contribution in [0.15, 0.2) is 60.3 Å². The van der Waals surface area contributed by atoms with E-state index in [1.165, 1.54) is 13.1 Å². The monoisotopic (exact) mass is 406 g/mol. The Bertz CT molecular complexity index is 1100. The molecule has 7 heteroatoms. The number of carbonyl (C=O) groups excluding carboxylic acids is 1. The smallest absolute Gasteiger partial charge is 0.261 e. The molecule has 0 radical (unpaired) electrons. The molecule has 0 saturated heterocycles. The van der Waals surface area contributed by atoms with Gasteiger partial charge < -0.3 is 10.1 Å². The number of nitrogens with one attached hydrogen (secondary N) is 1. The summed E-state index contributed by atoms with van der Waals surface area (Å²) in [4.78, 5) is 12.0. The van der Waals surface area contributed by atoms with Crippen LogP contribution in [0.3, 0.4) is 0 Å². The van der Waals surface area contributed by atoms with Gasteiger partial charge in [0.2, 0.25) is 0 Å². The number of amides is 1. The lowest BCUT2D eigenvalue weighted by Gasteiger charge is -2.07. The second-order valence-electron chi connectivity index (χ2n) is 6.04. The van der Waals surface area contributed by atoms with Crippen LogP contribution in [-0.4, -0.2) is 29.3 Å². The summed E-state index contributed by atoms with van der Waals surface area (Å²) in [5, 5.41) is 17.0. The molecule has 0 atom stereocenters. The van der Waals surface area contributed by atoms with Crippen molar-refractivity contribution in [2.45, 2.75) is 6.92 Å². The third kappa shape index (κ3) is 4.48. The van der Waals surface area contributed by atoms with Gasteiger partial charge in [-0.1, -0.05) is 29.8 Å². The maximum Gasteiger partial charge on any atom is 0.261 e. The van der Waals surface area contributed by atoms with Crippen LogP contribution in [0, 0.1) is 11.3 Å². The lowest BCUT2D eigenvalue weighted by Crippen LogP contribution is -2.19. The second kappa shape index (κ2) is 9.09. The molecule has 1 aromatic heterocycles. The fourth-order valence-electron chi connectivity index (χ4n) is 2.79. The van der Waals surface area contributed by atoms with Gasteiger partial charge in [-0.25, -0.2) is 4.68 Å². The van der Waals surface area contributed by atoms with Crippen molar-refractivity contribution < 1.29 is 9.53 Å². The molecule has 146 valence electrons. The SMILES string of the molecule is CCOc1ccc(-c2nn(-c3ccccc3)cc2/C=C(/C#N)C(=O)NC)cc1Cl. The Morgan fingerprint density at radius 2 is 2.07 bits per heavy atom. The summed E-state index contributed by atoms with van der Waals surface area (Å²) in [5.41, 5.74) is 2.79. The average Bonchev–Trinajstić information content (AvgIpc) is 3.17. The summed E-state index contributed by atoms with van der Waals surface area (Å²) in [6.45, 7) is 2.39. The van der Waals surface area contributed by atoms with Crippen LogP contribution < -0.4 is 10.1 Å². The second-order valence-corrected chi connectivity index (χ2v) is 6.45. The lowest BCUT2D eigenvalue weighted by atomic mass is 10.1. The first kappa shape index (κ1) is 20.2. The van der Waals surface area contributed by atoms with Crippen LogP contribution in [0.25, 0.3) is 23.0 Å². The normalized spacial score (nSPS) is 11.0. The minimum atomic E-state index is -0.462. The number of likely N-dealkylation sites (N-methyl/N-ethyl adjacent to an activating group) is 1. The molecule has 0 saturated carbocycles. The van der Waals surface area contributed by atoms with E-state index >= 15 is 0 Å². The molecule has 2 aromatic carbocycles. The number of ether oxygens (including phenoxy) is 1. The summed E-state index contributed by atoms with van der Waals surface area (Å²) in [7, 11) is 1.48. The Balaban J connectivity index is 2.15. The number of hydrogen-bond acceptors (Lipinski definition) is 4. The molecule has 0 aliphatic carbocycles. The largest absolute Gasteiger partial charge is 0.492 e. The van der Waals surface area contributed by atoms with Crippen LogP contribution >= 0.6 is 11.6 Å². The summed E-state index contributed by atoms with van der Waals surface area (Å²) >= 11 is 6.35. The van der Waals surface area contributed by atoms with E-state index in [4.69, 9.17) is 16.3 Å². The number of halogens is 1. The van der Waals surface area contributed by atoms with E-state index in [1.54, 1.807) is 23.0 Å². The first-order valence-corrected chi connectivity index (χ1v) is 9.36. The zero-order valence-electron chi connectivity index (χ0n) is 16.0. The van der Waals surface area contributed by atoms with Crippen LogP contribution in [0.4, 0.5) is 0 Å². The molecule has 1 N–H and O–H groups in total. The van der Waals surface area contributed by atoms with E-state index in [1.807, 2.05) is 49.4 Å². The number of aromatic nitrogens is 2. The van der Waals surface area contributed by atoms with Gasteiger partial charge in [0.25, 0.3) is 5.91 Å². The first-order chi connectivity index (χ1) is 14.1. The summed E-state index contributed by atoms with van der Waals surface area (Å²) in [6.07, 6.45) is 3.29. The molecule has 0 spiro atoms. The Hall–Kier alpha value is -3.56. The summed E-state index contributed by atoms with van der Waals surface area (Å²) in [5.74, 6) is 0.121. The van der Waals surface area contributed by atoms with E-state index in [0.29, 0.717) is 28.6 Å². The average molecular weight is 407 g/mol. The van der Waals surface area contributed by atoms with E-state index in [0.717, 1.165) is 11.3 Å². The first-order valence-electron chi connectivity index (χ1n) is 8.99. The topological polar surface area (TPSA) is 79.9 Å². The van der Waals surface area contributed by atoms with Crippen LogP contribution in [-0.2, 0) is 4.79 Å². The van der Waals surface area contributed by atoms with Gasteiger partial charge in [-0.05, 0) is 43.3 Å². The Morgan fingerprint density at radius 1 is 1.31 bits per heavy atom. The molecule has 1 amide bonds. The van der Waals surface area contributed by atoms with E-state index in [2.05, 4.69) is 10.4 Å². The van der Waals surface area contributed by atoms with E-state index in [-0.39, 0.29) is 5.57 Å². The number of nitrogens with zero attached hydrogens (tertiary/aromatic N) is 3. The highest BCUT2D eigenvalue weighted by molar-refractivity contribution is 6.32. The van der Waals surface area contributed by atoms with Crippen molar-refractivity contribution >= 4 is 23.6 Å². The summed E-state index contributed by atoms with van der Waals surface area (Å²) in [6, 6.07) is 16.9. The molecule has 29 heavy (non-hydrogen) atoms. The third-order valence-electron chi connectivity index (χ3n) is 4.16. The van der Waals surface area contributed by atoms with Gasteiger partial charge in [-0.15, -0.1) is 0 Å². The maximum atomic E-state index is 12.0. The molecule has 0 aliphatic rings. The molecule has 1 heterocycles. The molecule has 0 aliphatic heterocycles. The van der Waals surface area contributed by atoms with Crippen LogP contribution in [0.5, 0.6) is 5.75 Å². The van der Waals surface area contributed by atoms with Gasteiger partial charge in [0.05, 0.1) is 17.3 Å². The van der Waals surface area contributed by atoms with Crippen molar-refractivity contribution in [1.29, 1.82) is 5.26 Å². The van der Waals surface area contributed by atoms with Gasteiger partial charge in [-0.3, -0.25) is 4.79 Å². The van der Waals surface area contributed by atoms with Crippen molar-refractivity contribution in [2.75, 3.05) is 13.7 Å². The number of carbonyl (C=O) groups is 1. The quantitative estimate of drug-likeness (QED) is 0.490. The number of benzene rings is 2. The van der Waals surface area contributed by atoms with Gasteiger partial charge in [0.1, 0.15) is 23.1 Å². The molecule has 0 fully saturated rings. The molecule has 3 rings (SSSR count). The number of hydrogen-bond donors (Lipinski definition) is 1. The maximum absolute atomic E-state index is 12.0. The van der Waals surface area contributed by atoms with Crippen molar-refractivity contribution in [3.05, 3.63) is 70.9 Å². The van der Waals surface area contributed by atoms with Crippen molar-refractivity contribution in [3.8, 4) is 28.8 Å². The van der Waals surface area contributed by atoms with Gasteiger partial charge in [0.15, 0.2) is 0 Å². The van der Waals surface area contributed by atoms with Crippen molar-refractivity contribution in [2.24, 2.45) is 0 Å². The number of para-hydroxylation sites is 1. The lowest BCUT2D eigenvalue weighted by molar-refractivity contribution is -0.116. The third-order valence-corrected chi connectivity index (χ3v) is 4.46. The molecule has 0 unspecified atom stereocenters. The molecule has 0 bridgehead atoms. The molecule has 3 aromatic rings. The Kier molecular flexibility index (Phi) is 6.32. The van der Waals surface area contributed by atoms with Gasteiger partial charge >= 0.3 is 0 Å². The van der Waals surface area contributed by atoms with Gasteiger partial charge in [-0.2, -0.15) is 10.4 Å². The van der Waals surface area contributed by atoms with E-state index < -0.39 is 5.91 Å². The zero-order valence-corrected chi connectivity index (χ0v) is 16.8. The number of nitriles is 1. The Morgan fingerprint density at radius 3 is 2.69 bits per heavy atom.